The zero-order valence-electron chi connectivity index (χ0n) is 18.9. The van der Waals surface area contributed by atoms with E-state index in [1.54, 1.807) is 17.1 Å². The maximum atomic E-state index is 13.0. The van der Waals surface area contributed by atoms with Crippen LogP contribution in [-0.2, 0) is 19.2 Å². The summed E-state index contributed by atoms with van der Waals surface area (Å²) >= 11 is 0. The molecule has 5 atom stereocenters. The Morgan fingerprint density at radius 1 is 0.812 bits per heavy atom. The highest BCUT2D eigenvalue weighted by atomic mass is 16.2. The molecule has 0 aliphatic carbocycles. The van der Waals surface area contributed by atoms with Gasteiger partial charge in [0, 0.05) is 49.7 Å². The van der Waals surface area contributed by atoms with Crippen molar-refractivity contribution in [2.24, 2.45) is 0 Å². The molecule has 9 heteroatoms. The Balaban J connectivity index is 1.24. The van der Waals surface area contributed by atoms with Crippen molar-refractivity contribution in [1.82, 2.24) is 24.9 Å². The van der Waals surface area contributed by atoms with Crippen molar-refractivity contribution in [3.8, 4) is 0 Å². The van der Waals surface area contributed by atoms with Crippen LogP contribution in [-0.4, -0.2) is 99.5 Å². The number of rotatable bonds is 4. The van der Waals surface area contributed by atoms with Gasteiger partial charge in [-0.05, 0) is 33.6 Å². The van der Waals surface area contributed by atoms with Gasteiger partial charge in [-0.15, -0.1) is 0 Å². The summed E-state index contributed by atoms with van der Waals surface area (Å²) in [4.78, 5) is 57.1. The largest absolute Gasteiger partial charge is 0.371 e. The SMILES string of the molecule is C[C@@H]1NC(=O)C=C1N1CCC(N2C(=O)C=C(N3CC[C@H](N4C(=O)CC(=O)[C@@H]4C)C3)[C@@H]2C)C1. The maximum absolute atomic E-state index is 13.0. The monoisotopic (exact) mass is 441 g/mol. The number of carbonyl (C=O) groups excluding carboxylic acids is 4. The Morgan fingerprint density at radius 3 is 2.00 bits per heavy atom. The van der Waals surface area contributed by atoms with E-state index in [1.807, 2.05) is 18.7 Å². The van der Waals surface area contributed by atoms with Crippen LogP contribution in [0.15, 0.2) is 23.5 Å². The third-order valence-corrected chi connectivity index (χ3v) is 7.79. The van der Waals surface area contributed by atoms with Crippen LogP contribution in [0.1, 0.15) is 40.0 Å². The first-order valence-corrected chi connectivity index (χ1v) is 11.6. The summed E-state index contributed by atoms with van der Waals surface area (Å²) < 4.78 is 0. The molecule has 5 heterocycles. The number of hydrogen-bond acceptors (Lipinski definition) is 6. The highest BCUT2D eigenvalue weighted by molar-refractivity contribution is 6.07. The maximum Gasteiger partial charge on any atom is 0.249 e. The molecule has 3 fully saturated rings. The van der Waals surface area contributed by atoms with Crippen LogP contribution in [0.5, 0.6) is 0 Å². The lowest BCUT2D eigenvalue weighted by atomic mass is 10.1. The van der Waals surface area contributed by atoms with E-state index in [0.717, 1.165) is 43.9 Å². The molecule has 0 radical (unpaired) electrons. The number of amides is 3. The van der Waals surface area contributed by atoms with E-state index in [2.05, 4.69) is 22.0 Å². The van der Waals surface area contributed by atoms with Crippen molar-refractivity contribution in [3.05, 3.63) is 23.5 Å². The third kappa shape index (κ3) is 3.29. The van der Waals surface area contributed by atoms with Gasteiger partial charge in [-0.3, -0.25) is 19.2 Å². The van der Waals surface area contributed by atoms with Crippen molar-refractivity contribution in [2.75, 3.05) is 26.2 Å². The molecule has 9 nitrogen and oxygen atoms in total. The molecular weight excluding hydrogens is 410 g/mol. The first-order valence-electron chi connectivity index (χ1n) is 11.6. The molecule has 5 rings (SSSR count). The van der Waals surface area contributed by atoms with Crippen LogP contribution in [0.2, 0.25) is 0 Å². The fourth-order valence-electron chi connectivity index (χ4n) is 6.15. The number of carbonyl (C=O) groups is 4. The minimum Gasteiger partial charge on any atom is -0.371 e. The molecule has 1 N–H and O–H groups in total. The van der Waals surface area contributed by atoms with E-state index >= 15 is 0 Å². The van der Waals surface area contributed by atoms with Crippen LogP contribution in [0.25, 0.3) is 0 Å². The summed E-state index contributed by atoms with van der Waals surface area (Å²) in [6, 6.07) is -0.256. The van der Waals surface area contributed by atoms with Gasteiger partial charge in [0.2, 0.25) is 17.7 Å². The quantitative estimate of drug-likeness (QED) is 0.610. The first-order chi connectivity index (χ1) is 15.2. The number of hydrogen-bond donors (Lipinski definition) is 1. The molecule has 3 amide bonds. The second kappa shape index (κ2) is 7.64. The molecular formula is C23H31N5O4. The lowest BCUT2D eigenvalue weighted by molar-refractivity contribution is -0.130. The Kier molecular flexibility index (Phi) is 5.02. The number of likely N-dealkylation sites (tertiary alicyclic amines) is 3. The molecule has 5 aliphatic heterocycles. The summed E-state index contributed by atoms with van der Waals surface area (Å²) in [5.41, 5.74) is 2.01. The highest BCUT2D eigenvalue weighted by Crippen LogP contribution is 2.34. The molecule has 0 spiro atoms. The standard InChI is InChI=1S/C23H31N5O4/c1-13-18(8-21(30)24-13)25-6-4-16(11-25)27-14(2)19(9-22(27)31)26-7-5-17(12-26)28-15(3)20(29)10-23(28)32/h8-9,13-17H,4-7,10-12H2,1-3H3,(H,24,30)/t13-,14-,15-,16?,17-/m0/s1. The summed E-state index contributed by atoms with van der Waals surface area (Å²) in [5.74, 6) is -0.0968. The number of Topliss-reactive ketones (excluding diaryl/α,β-unsaturated/α-hetero) is 1. The molecule has 0 aromatic rings. The van der Waals surface area contributed by atoms with Gasteiger partial charge in [0.05, 0.1) is 36.6 Å². The van der Waals surface area contributed by atoms with E-state index in [4.69, 9.17) is 0 Å². The van der Waals surface area contributed by atoms with Crippen molar-refractivity contribution in [2.45, 2.75) is 70.2 Å². The lowest BCUT2D eigenvalue weighted by Crippen LogP contribution is -2.46. The summed E-state index contributed by atoms with van der Waals surface area (Å²) in [5, 5.41) is 2.91. The van der Waals surface area contributed by atoms with E-state index in [9.17, 15) is 19.2 Å². The Labute approximate surface area is 188 Å². The summed E-state index contributed by atoms with van der Waals surface area (Å²) in [6.45, 7) is 8.87. The highest BCUT2D eigenvalue weighted by Gasteiger charge is 2.45. The van der Waals surface area contributed by atoms with Crippen LogP contribution in [0.4, 0.5) is 0 Å². The average Bonchev–Trinajstić information content (AvgIpc) is 3.52. The molecule has 5 aliphatic rings. The van der Waals surface area contributed by atoms with Gasteiger partial charge < -0.3 is 24.9 Å². The molecule has 32 heavy (non-hydrogen) atoms. The topological polar surface area (TPSA) is 93.3 Å². The van der Waals surface area contributed by atoms with Gasteiger partial charge in [0.25, 0.3) is 0 Å². The Hall–Kier alpha value is -2.84. The smallest absolute Gasteiger partial charge is 0.249 e. The number of nitrogens with one attached hydrogen (secondary N) is 1. The Bertz CT molecular complexity index is 943. The van der Waals surface area contributed by atoms with Gasteiger partial charge in [-0.1, -0.05) is 0 Å². The minimum atomic E-state index is -0.348. The second-order valence-electron chi connectivity index (χ2n) is 9.69. The minimum absolute atomic E-state index is 0.00219. The van der Waals surface area contributed by atoms with Crippen LogP contribution < -0.4 is 5.32 Å². The van der Waals surface area contributed by atoms with Crippen LogP contribution >= 0.6 is 0 Å². The van der Waals surface area contributed by atoms with E-state index in [-0.39, 0.29) is 60.1 Å². The Morgan fingerprint density at radius 2 is 1.44 bits per heavy atom. The number of nitrogens with zero attached hydrogens (tertiary/aromatic N) is 4. The van der Waals surface area contributed by atoms with Crippen molar-refractivity contribution >= 4 is 23.5 Å². The fraction of sp³-hybridized carbons (Fsp3) is 0.652. The molecule has 3 saturated heterocycles. The predicted molar refractivity (Wildman–Crippen MR) is 116 cm³/mol. The average molecular weight is 442 g/mol. The van der Waals surface area contributed by atoms with Crippen LogP contribution in [0, 0.1) is 0 Å². The second-order valence-corrected chi connectivity index (χ2v) is 9.69. The molecule has 1 unspecified atom stereocenters. The van der Waals surface area contributed by atoms with Gasteiger partial charge in [0.1, 0.15) is 0 Å². The van der Waals surface area contributed by atoms with Gasteiger partial charge in [-0.2, -0.15) is 0 Å². The predicted octanol–water partition coefficient (Wildman–Crippen LogP) is -0.158. The lowest BCUT2D eigenvalue weighted by Gasteiger charge is -2.34. The van der Waals surface area contributed by atoms with Crippen molar-refractivity contribution in [1.29, 1.82) is 0 Å². The molecule has 172 valence electrons. The van der Waals surface area contributed by atoms with Gasteiger partial charge in [0.15, 0.2) is 5.78 Å². The normalized spacial score (nSPS) is 35.4. The fourth-order valence-corrected chi connectivity index (χ4v) is 6.15. The molecule has 0 aromatic carbocycles. The van der Waals surface area contributed by atoms with Crippen LogP contribution in [0.3, 0.4) is 0 Å². The van der Waals surface area contributed by atoms with Crippen molar-refractivity contribution < 1.29 is 19.2 Å². The first kappa shape index (κ1) is 21.0. The van der Waals surface area contributed by atoms with Gasteiger partial charge >= 0.3 is 0 Å². The zero-order chi connectivity index (χ0) is 22.7. The van der Waals surface area contributed by atoms with E-state index in [0.29, 0.717) is 6.54 Å². The zero-order valence-corrected chi connectivity index (χ0v) is 18.9. The summed E-state index contributed by atoms with van der Waals surface area (Å²) in [7, 11) is 0. The molecule has 0 bridgehead atoms. The van der Waals surface area contributed by atoms with E-state index < -0.39 is 0 Å². The number of ketones is 1. The molecule has 0 aromatic heterocycles. The van der Waals surface area contributed by atoms with Gasteiger partial charge in [-0.25, -0.2) is 0 Å². The third-order valence-electron chi connectivity index (χ3n) is 7.79. The summed E-state index contributed by atoms with van der Waals surface area (Å²) in [6.07, 6.45) is 5.11. The van der Waals surface area contributed by atoms with Crippen molar-refractivity contribution in [3.63, 3.8) is 0 Å². The molecule has 0 saturated carbocycles. The van der Waals surface area contributed by atoms with E-state index in [1.165, 1.54) is 0 Å².